The molecule has 2 N–H and O–H groups in total. The molecule has 1 aromatic carbocycles. The predicted molar refractivity (Wildman–Crippen MR) is 91.5 cm³/mol. The number of ether oxygens (including phenoxy) is 1. The molecule has 0 atom stereocenters. The smallest absolute Gasteiger partial charge is 0.329 e. The van der Waals surface area contributed by atoms with Crippen LogP contribution >= 0.6 is 0 Å². The summed E-state index contributed by atoms with van der Waals surface area (Å²) in [4.78, 5) is 36.4. The number of phenols is 1. The lowest BCUT2D eigenvalue weighted by molar-refractivity contribution is -0.386. The lowest BCUT2D eigenvalue weighted by Gasteiger charge is -2.28. The van der Waals surface area contributed by atoms with Crippen molar-refractivity contribution in [1.29, 1.82) is 0 Å². The first-order valence-electron chi connectivity index (χ1n) is 8.34. The maximum atomic E-state index is 12.6. The first-order chi connectivity index (χ1) is 12.4. The van der Waals surface area contributed by atoms with Gasteiger partial charge in [0.1, 0.15) is 5.70 Å². The fraction of sp³-hybridized carbons (Fsp3) is 0.412. The van der Waals surface area contributed by atoms with Crippen molar-refractivity contribution in [1.82, 2.24) is 10.2 Å². The Morgan fingerprint density at radius 2 is 2.00 bits per heavy atom. The molecule has 3 rings (SSSR count). The molecule has 2 fully saturated rings. The van der Waals surface area contributed by atoms with E-state index < -0.39 is 28.3 Å². The van der Waals surface area contributed by atoms with E-state index >= 15 is 0 Å². The second kappa shape index (κ2) is 7.03. The number of nitrogens with one attached hydrogen (secondary N) is 1. The fourth-order valence-electron chi connectivity index (χ4n) is 3.38. The molecule has 9 nitrogen and oxygen atoms in total. The van der Waals surface area contributed by atoms with Gasteiger partial charge in [0, 0.05) is 12.1 Å². The van der Waals surface area contributed by atoms with E-state index in [4.69, 9.17) is 4.74 Å². The number of phenolic OH excluding ortho intramolecular Hbond substituents is 1. The van der Waals surface area contributed by atoms with Gasteiger partial charge in [0.15, 0.2) is 5.75 Å². The Morgan fingerprint density at radius 3 is 2.62 bits per heavy atom. The van der Waals surface area contributed by atoms with Gasteiger partial charge in [-0.15, -0.1) is 0 Å². The SMILES string of the molecule is COc1cc(/C=C2\NC(=O)N(C3CCCCC3)C2=O)cc([N+](=O)[O-])c1O. The molecule has 0 bridgehead atoms. The van der Waals surface area contributed by atoms with Crippen LogP contribution in [0.2, 0.25) is 0 Å². The molecular weight excluding hydrogens is 342 g/mol. The fourth-order valence-corrected chi connectivity index (χ4v) is 3.38. The minimum absolute atomic E-state index is 0.0441. The summed E-state index contributed by atoms with van der Waals surface area (Å²) < 4.78 is 4.94. The summed E-state index contributed by atoms with van der Waals surface area (Å²) in [6.45, 7) is 0. The van der Waals surface area contributed by atoms with Gasteiger partial charge in [-0.2, -0.15) is 0 Å². The third-order valence-corrected chi connectivity index (χ3v) is 4.65. The van der Waals surface area contributed by atoms with E-state index in [1.165, 1.54) is 24.2 Å². The average Bonchev–Trinajstić information content (AvgIpc) is 2.90. The number of urea groups is 1. The predicted octanol–water partition coefficient (Wildman–Crippen LogP) is 2.53. The first-order valence-corrected chi connectivity index (χ1v) is 8.34. The molecule has 1 saturated carbocycles. The van der Waals surface area contributed by atoms with Crippen LogP contribution in [0.15, 0.2) is 17.8 Å². The maximum Gasteiger partial charge on any atom is 0.329 e. The molecule has 138 valence electrons. The van der Waals surface area contributed by atoms with Crippen molar-refractivity contribution in [2.24, 2.45) is 0 Å². The molecule has 0 spiro atoms. The minimum atomic E-state index is -0.747. The van der Waals surface area contributed by atoms with Crippen molar-refractivity contribution >= 4 is 23.7 Å². The van der Waals surface area contributed by atoms with Gasteiger partial charge in [0.2, 0.25) is 5.75 Å². The number of nitrogens with zero attached hydrogens (tertiary/aromatic N) is 2. The lowest BCUT2D eigenvalue weighted by Crippen LogP contribution is -2.41. The van der Waals surface area contributed by atoms with E-state index in [1.807, 2.05) is 0 Å². The zero-order valence-corrected chi connectivity index (χ0v) is 14.2. The van der Waals surface area contributed by atoms with E-state index in [9.17, 15) is 24.8 Å². The molecule has 0 unspecified atom stereocenters. The number of rotatable bonds is 4. The molecule has 1 heterocycles. The molecule has 1 aromatic rings. The van der Waals surface area contributed by atoms with Gasteiger partial charge in [0.25, 0.3) is 5.91 Å². The minimum Gasteiger partial charge on any atom is -0.500 e. The number of aromatic hydroxyl groups is 1. The largest absolute Gasteiger partial charge is 0.500 e. The second-order valence-corrected chi connectivity index (χ2v) is 6.30. The number of carbonyl (C=O) groups excluding carboxylic acids is 2. The molecule has 2 aliphatic rings. The Balaban J connectivity index is 1.93. The van der Waals surface area contributed by atoms with Crippen molar-refractivity contribution in [2.75, 3.05) is 7.11 Å². The Bertz CT molecular complexity index is 798. The first kappa shape index (κ1) is 17.7. The number of nitro groups is 1. The van der Waals surface area contributed by atoms with Crippen molar-refractivity contribution < 1.29 is 24.4 Å². The molecule has 1 aliphatic heterocycles. The van der Waals surface area contributed by atoms with Crippen molar-refractivity contribution in [3.63, 3.8) is 0 Å². The summed E-state index contributed by atoms with van der Waals surface area (Å²) in [6, 6.07) is 1.88. The van der Waals surface area contributed by atoms with Crippen LogP contribution in [0.3, 0.4) is 0 Å². The zero-order valence-electron chi connectivity index (χ0n) is 14.2. The number of hydrogen-bond acceptors (Lipinski definition) is 6. The highest BCUT2D eigenvalue weighted by Crippen LogP contribution is 2.37. The zero-order chi connectivity index (χ0) is 18.8. The number of imide groups is 1. The standard InChI is InChI=1S/C17H19N3O6/c1-26-14-9-10(8-13(15(14)21)20(24)25)7-12-16(22)19(17(23)18-12)11-5-3-2-4-6-11/h7-9,11,21H,2-6H2,1H3,(H,18,23)/b12-7-. The van der Waals surface area contributed by atoms with Gasteiger partial charge in [-0.05, 0) is 30.5 Å². The monoisotopic (exact) mass is 361 g/mol. The number of methoxy groups -OCH3 is 1. The molecular formula is C17H19N3O6. The summed E-state index contributed by atoms with van der Waals surface area (Å²) >= 11 is 0. The quantitative estimate of drug-likeness (QED) is 0.368. The number of nitro benzene ring substituents is 1. The van der Waals surface area contributed by atoms with E-state index in [1.54, 1.807) is 0 Å². The summed E-state index contributed by atoms with van der Waals surface area (Å²) in [5.74, 6) is -1.13. The Labute approximate surface area is 149 Å². The summed E-state index contributed by atoms with van der Waals surface area (Å²) in [5.41, 5.74) is -0.236. The highest BCUT2D eigenvalue weighted by atomic mass is 16.6. The van der Waals surface area contributed by atoms with Crippen LogP contribution in [0.4, 0.5) is 10.5 Å². The molecule has 0 radical (unpaired) electrons. The molecule has 9 heteroatoms. The topological polar surface area (TPSA) is 122 Å². The third-order valence-electron chi connectivity index (χ3n) is 4.65. The normalized spacial score (nSPS) is 19.7. The highest BCUT2D eigenvalue weighted by molar-refractivity contribution is 6.14. The molecule has 1 saturated heterocycles. The van der Waals surface area contributed by atoms with Gasteiger partial charge in [-0.3, -0.25) is 19.8 Å². The van der Waals surface area contributed by atoms with Gasteiger partial charge >= 0.3 is 11.7 Å². The molecule has 0 aromatic heterocycles. The summed E-state index contributed by atoms with van der Waals surface area (Å²) in [7, 11) is 1.27. The number of amides is 3. The number of hydrogen-bond donors (Lipinski definition) is 2. The van der Waals surface area contributed by atoms with Crippen LogP contribution < -0.4 is 10.1 Å². The average molecular weight is 361 g/mol. The van der Waals surface area contributed by atoms with Gasteiger partial charge in [0.05, 0.1) is 12.0 Å². The molecule has 1 aliphatic carbocycles. The van der Waals surface area contributed by atoms with Crippen LogP contribution in [0.25, 0.3) is 6.08 Å². The van der Waals surface area contributed by atoms with Gasteiger partial charge < -0.3 is 15.2 Å². The summed E-state index contributed by atoms with van der Waals surface area (Å²) in [6.07, 6.45) is 5.96. The van der Waals surface area contributed by atoms with Crippen LogP contribution in [0.5, 0.6) is 11.5 Å². The van der Waals surface area contributed by atoms with Gasteiger partial charge in [-0.25, -0.2) is 4.79 Å². The summed E-state index contributed by atoms with van der Waals surface area (Å²) in [5, 5.41) is 23.4. The number of benzene rings is 1. The highest BCUT2D eigenvalue weighted by Gasteiger charge is 2.39. The van der Waals surface area contributed by atoms with Gasteiger partial charge in [-0.1, -0.05) is 19.3 Å². The maximum absolute atomic E-state index is 12.6. The third kappa shape index (κ3) is 3.19. The van der Waals surface area contributed by atoms with E-state index in [0.717, 1.165) is 38.2 Å². The number of carbonyl (C=O) groups is 2. The van der Waals surface area contributed by atoms with E-state index in [-0.39, 0.29) is 23.1 Å². The van der Waals surface area contributed by atoms with Crippen LogP contribution in [0, 0.1) is 10.1 Å². The van der Waals surface area contributed by atoms with E-state index in [2.05, 4.69) is 5.32 Å². The van der Waals surface area contributed by atoms with E-state index in [0.29, 0.717) is 0 Å². The van der Waals surface area contributed by atoms with Crippen LogP contribution in [-0.2, 0) is 4.79 Å². The molecule has 3 amide bonds. The molecule has 26 heavy (non-hydrogen) atoms. The Hall–Kier alpha value is -3.10. The second-order valence-electron chi connectivity index (χ2n) is 6.30. The Morgan fingerprint density at radius 1 is 1.31 bits per heavy atom. The lowest BCUT2D eigenvalue weighted by atomic mass is 9.94. The van der Waals surface area contributed by atoms with Crippen molar-refractivity contribution in [3.8, 4) is 11.5 Å². The van der Waals surface area contributed by atoms with Crippen molar-refractivity contribution in [3.05, 3.63) is 33.5 Å². The Kier molecular flexibility index (Phi) is 4.79. The van der Waals surface area contributed by atoms with Crippen LogP contribution in [0.1, 0.15) is 37.7 Å². The van der Waals surface area contributed by atoms with Crippen LogP contribution in [-0.4, -0.2) is 40.0 Å². The van der Waals surface area contributed by atoms with Crippen molar-refractivity contribution in [2.45, 2.75) is 38.1 Å².